The van der Waals surface area contributed by atoms with Gasteiger partial charge in [0.2, 0.25) is 0 Å². The molecule has 2 unspecified atom stereocenters. The first-order valence-corrected chi connectivity index (χ1v) is 5.46. The van der Waals surface area contributed by atoms with E-state index in [4.69, 9.17) is 0 Å². The molecule has 14 heavy (non-hydrogen) atoms. The van der Waals surface area contributed by atoms with Crippen LogP contribution in [0.4, 0.5) is 4.39 Å². The van der Waals surface area contributed by atoms with E-state index < -0.39 is 5.67 Å². The van der Waals surface area contributed by atoms with E-state index >= 15 is 0 Å². The van der Waals surface area contributed by atoms with E-state index in [1.807, 2.05) is 0 Å². The standard InChI is InChI=1S/C12H20FN/c1-3-4-5-8-12(2,13)11-7-6-9-14-10-11/h11,14H,5-10H2,1-2H3. The predicted molar refractivity (Wildman–Crippen MR) is 57.8 cm³/mol. The van der Waals surface area contributed by atoms with Crippen LogP contribution in [-0.2, 0) is 0 Å². The maximum atomic E-state index is 14.2. The Labute approximate surface area is 86.5 Å². The predicted octanol–water partition coefficient (Wildman–Crippen LogP) is 2.52. The number of hydrogen-bond donors (Lipinski definition) is 1. The molecule has 1 saturated heterocycles. The fourth-order valence-corrected chi connectivity index (χ4v) is 2.00. The number of nitrogens with one attached hydrogen (secondary N) is 1. The van der Waals surface area contributed by atoms with Gasteiger partial charge in [-0.3, -0.25) is 0 Å². The summed E-state index contributed by atoms with van der Waals surface area (Å²) in [6.07, 6.45) is 3.36. The highest BCUT2D eigenvalue weighted by molar-refractivity contribution is 4.98. The van der Waals surface area contributed by atoms with Crippen molar-refractivity contribution in [3.8, 4) is 11.8 Å². The molecule has 0 radical (unpaired) electrons. The molecule has 0 amide bonds. The van der Waals surface area contributed by atoms with Crippen LogP contribution in [0.3, 0.4) is 0 Å². The van der Waals surface area contributed by atoms with E-state index in [0.717, 1.165) is 25.9 Å². The van der Waals surface area contributed by atoms with Crippen LogP contribution in [0.15, 0.2) is 0 Å². The molecule has 0 saturated carbocycles. The molecular weight excluding hydrogens is 177 g/mol. The molecule has 80 valence electrons. The highest BCUT2D eigenvalue weighted by atomic mass is 19.1. The van der Waals surface area contributed by atoms with E-state index in [0.29, 0.717) is 12.8 Å². The van der Waals surface area contributed by atoms with Crippen LogP contribution in [0.25, 0.3) is 0 Å². The lowest BCUT2D eigenvalue weighted by Gasteiger charge is -2.33. The van der Waals surface area contributed by atoms with Gasteiger partial charge in [0.15, 0.2) is 0 Å². The van der Waals surface area contributed by atoms with Gasteiger partial charge in [0.05, 0.1) is 0 Å². The molecule has 0 aliphatic carbocycles. The van der Waals surface area contributed by atoms with Crippen LogP contribution in [0.1, 0.15) is 39.5 Å². The van der Waals surface area contributed by atoms with Crippen molar-refractivity contribution >= 4 is 0 Å². The fourth-order valence-electron chi connectivity index (χ4n) is 2.00. The number of halogens is 1. The van der Waals surface area contributed by atoms with Gasteiger partial charge in [-0.1, -0.05) is 0 Å². The molecule has 1 heterocycles. The maximum Gasteiger partial charge on any atom is 0.113 e. The summed E-state index contributed by atoms with van der Waals surface area (Å²) in [5.74, 6) is 5.92. The summed E-state index contributed by atoms with van der Waals surface area (Å²) in [5.41, 5.74) is -1.04. The Morgan fingerprint density at radius 3 is 2.93 bits per heavy atom. The van der Waals surface area contributed by atoms with Gasteiger partial charge in [0.25, 0.3) is 0 Å². The van der Waals surface area contributed by atoms with Gasteiger partial charge in [-0.05, 0) is 39.7 Å². The molecular formula is C12H20FN. The molecule has 2 atom stereocenters. The molecule has 0 aromatic heterocycles. The average molecular weight is 197 g/mol. The average Bonchev–Trinajstić information content (AvgIpc) is 2.19. The third kappa shape index (κ3) is 3.31. The highest BCUT2D eigenvalue weighted by Crippen LogP contribution is 2.31. The number of hydrogen-bond acceptors (Lipinski definition) is 1. The highest BCUT2D eigenvalue weighted by Gasteiger charge is 2.34. The van der Waals surface area contributed by atoms with Crippen LogP contribution in [-0.4, -0.2) is 18.8 Å². The Bertz CT molecular complexity index is 218. The molecule has 0 bridgehead atoms. The second-order valence-corrected chi connectivity index (χ2v) is 4.25. The van der Waals surface area contributed by atoms with Gasteiger partial charge >= 0.3 is 0 Å². The van der Waals surface area contributed by atoms with Gasteiger partial charge in [-0.25, -0.2) is 4.39 Å². The van der Waals surface area contributed by atoms with Crippen LogP contribution in [0, 0.1) is 17.8 Å². The van der Waals surface area contributed by atoms with Gasteiger partial charge in [0.1, 0.15) is 5.67 Å². The first-order chi connectivity index (χ1) is 6.67. The number of alkyl halides is 1. The van der Waals surface area contributed by atoms with Crippen molar-refractivity contribution in [3.05, 3.63) is 0 Å². The molecule has 1 fully saturated rings. The molecule has 2 heteroatoms. The smallest absolute Gasteiger partial charge is 0.113 e. The van der Waals surface area contributed by atoms with Crippen molar-refractivity contribution in [2.24, 2.45) is 5.92 Å². The van der Waals surface area contributed by atoms with Crippen LogP contribution < -0.4 is 5.32 Å². The molecule has 0 spiro atoms. The fraction of sp³-hybridized carbons (Fsp3) is 0.833. The second kappa shape index (κ2) is 5.36. The summed E-state index contributed by atoms with van der Waals surface area (Å²) in [6, 6.07) is 0. The zero-order chi connectivity index (χ0) is 10.4. The summed E-state index contributed by atoms with van der Waals surface area (Å²) in [7, 11) is 0. The lowest BCUT2D eigenvalue weighted by atomic mass is 9.82. The third-order valence-corrected chi connectivity index (χ3v) is 3.06. The maximum absolute atomic E-state index is 14.2. The van der Waals surface area contributed by atoms with Crippen molar-refractivity contribution in [2.75, 3.05) is 13.1 Å². The second-order valence-electron chi connectivity index (χ2n) is 4.25. The SMILES string of the molecule is CC#CCCC(C)(F)C1CCCNC1. The number of rotatable bonds is 3. The molecule has 0 aromatic carbocycles. The zero-order valence-corrected chi connectivity index (χ0v) is 9.20. The summed E-state index contributed by atoms with van der Waals surface area (Å²) >= 11 is 0. The van der Waals surface area contributed by atoms with Gasteiger partial charge in [0, 0.05) is 18.9 Å². The quantitative estimate of drug-likeness (QED) is 0.685. The molecule has 1 aliphatic heterocycles. The molecule has 1 rings (SSSR count). The van der Waals surface area contributed by atoms with Crippen molar-refractivity contribution in [1.29, 1.82) is 0 Å². The third-order valence-electron chi connectivity index (χ3n) is 3.06. The van der Waals surface area contributed by atoms with Crippen molar-refractivity contribution in [2.45, 2.75) is 45.2 Å². The van der Waals surface area contributed by atoms with Crippen LogP contribution in [0.2, 0.25) is 0 Å². The lowest BCUT2D eigenvalue weighted by molar-refractivity contribution is 0.0753. The van der Waals surface area contributed by atoms with Crippen LogP contribution >= 0.6 is 0 Å². The molecule has 0 aromatic rings. The summed E-state index contributed by atoms with van der Waals surface area (Å²) in [4.78, 5) is 0. The largest absolute Gasteiger partial charge is 0.316 e. The monoisotopic (exact) mass is 197 g/mol. The van der Waals surface area contributed by atoms with Gasteiger partial charge in [-0.2, -0.15) is 0 Å². The lowest BCUT2D eigenvalue weighted by Crippen LogP contribution is -2.41. The van der Waals surface area contributed by atoms with Crippen LogP contribution in [0.5, 0.6) is 0 Å². The number of piperidine rings is 1. The summed E-state index contributed by atoms with van der Waals surface area (Å²) in [5, 5.41) is 3.26. The van der Waals surface area contributed by atoms with E-state index in [1.54, 1.807) is 13.8 Å². The Morgan fingerprint density at radius 1 is 1.57 bits per heavy atom. The van der Waals surface area contributed by atoms with Crippen molar-refractivity contribution < 1.29 is 4.39 Å². The van der Waals surface area contributed by atoms with Crippen molar-refractivity contribution in [1.82, 2.24) is 5.32 Å². The summed E-state index contributed by atoms with van der Waals surface area (Å²) < 4.78 is 14.2. The minimum atomic E-state index is -1.04. The van der Waals surface area contributed by atoms with E-state index in [1.165, 1.54) is 0 Å². The van der Waals surface area contributed by atoms with E-state index in [9.17, 15) is 4.39 Å². The zero-order valence-electron chi connectivity index (χ0n) is 9.20. The normalized spacial score (nSPS) is 26.1. The topological polar surface area (TPSA) is 12.0 Å². The first-order valence-electron chi connectivity index (χ1n) is 5.46. The molecule has 1 aliphatic rings. The minimum absolute atomic E-state index is 0.176. The Hall–Kier alpha value is -0.550. The van der Waals surface area contributed by atoms with Crippen molar-refractivity contribution in [3.63, 3.8) is 0 Å². The first kappa shape index (κ1) is 11.5. The summed E-state index contributed by atoms with van der Waals surface area (Å²) in [6.45, 7) is 5.40. The Kier molecular flexibility index (Phi) is 4.41. The minimum Gasteiger partial charge on any atom is -0.316 e. The molecule has 1 nitrogen and oxygen atoms in total. The van der Waals surface area contributed by atoms with Gasteiger partial charge < -0.3 is 5.32 Å². The van der Waals surface area contributed by atoms with E-state index in [2.05, 4.69) is 17.2 Å². The molecule has 1 N–H and O–H groups in total. The van der Waals surface area contributed by atoms with Gasteiger partial charge in [-0.15, -0.1) is 11.8 Å². The Balaban J connectivity index is 2.39. The Morgan fingerprint density at radius 2 is 2.36 bits per heavy atom. The van der Waals surface area contributed by atoms with E-state index in [-0.39, 0.29) is 5.92 Å².